The van der Waals surface area contributed by atoms with Gasteiger partial charge >= 0.3 is 0 Å². The van der Waals surface area contributed by atoms with Crippen LogP contribution in [0.3, 0.4) is 0 Å². The van der Waals surface area contributed by atoms with Crippen molar-refractivity contribution in [3.8, 4) is 11.3 Å². The normalized spacial score (nSPS) is 11.0. The number of nitrogens with zero attached hydrogens (tertiary/aromatic N) is 3. The fourth-order valence-corrected chi connectivity index (χ4v) is 5.03. The van der Waals surface area contributed by atoms with Crippen LogP contribution in [0.5, 0.6) is 0 Å². The van der Waals surface area contributed by atoms with Crippen LogP contribution >= 0.6 is 11.3 Å². The quantitative estimate of drug-likeness (QED) is 0.250. The Hall–Kier alpha value is -4.95. The number of aryl methyl sites for hydroxylation is 2. The van der Waals surface area contributed by atoms with Gasteiger partial charge in [-0.2, -0.15) is 0 Å². The molecule has 0 saturated heterocycles. The molecular formula is C31H23N5O2S. The Bertz CT molecular complexity index is 1900. The van der Waals surface area contributed by atoms with Crippen molar-refractivity contribution in [2.45, 2.75) is 13.8 Å². The maximum absolute atomic E-state index is 12.9. The molecule has 0 unspecified atom stereocenters. The predicted molar refractivity (Wildman–Crippen MR) is 156 cm³/mol. The van der Waals surface area contributed by atoms with Crippen LogP contribution in [0.15, 0.2) is 90.3 Å². The van der Waals surface area contributed by atoms with E-state index in [-0.39, 0.29) is 11.8 Å². The summed E-state index contributed by atoms with van der Waals surface area (Å²) in [5.41, 5.74) is 6.57. The minimum Gasteiger partial charge on any atom is -0.322 e. The highest BCUT2D eigenvalue weighted by molar-refractivity contribution is 7.14. The Morgan fingerprint density at radius 2 is 1.26 bits per heavy atom. The molecule has 190 valence electrons. The predicted octanol–water partition coefficient (Wildman–Crippen LogP) is 7.03. The number of benzene rings is 3. The van der Waals surface area contributed by atoms with E-state index >= 15 is 0 Å². The Balaban J connectivity index is 1.17. The van der Waals surface area contributed by atoms with Crippen LogP contribution in [0.2, 0.25) is 0 Å². The lowest BCUT2D eigenvalue weighted by atomic mass is 10.1. The molecule has 0 spiro atoms. The minimum absolute atomic E-state index is 0.219. The molecule has 0 bridgehead atoms. The average Bonchev–Trinajstić information content (AvgIpc) is 3.40. The highest BCUT2D eigenvalue weighted by Gasteiger charge is 2.13. The fraction of sp³-hybridized carbons (Fsp3) is 0.0645. The molecule has 7 nitrogen and oxygen atoms in total. The summed E-state index contributed by atoms with van der Waals surface area (Å²) in [7, 11) is 0. The number of amides is 2. The van der Waals surface area contributed by atoms with Gasteiger partial charge in [0.15, 0.2) is 5.13 Å². The maximum atomic E-state index is 12.9. The van der Waals surface area contributed by atoms with Gasteiger partial charge in [0.2, 0.25) is 0 Å². The molecule has 0 aliphatic rings. The van der Waals surface area contributed by atoms with Crippen LogP contribution in [0.1, 0.15) is 32.1 Å². The van der Waals surface area contributed by atoms with Gasteiger partial charge in [-0.3, -0.25) is 24.9 Å². The minimum atomic E-state index is -0.248. The second kappa shape index (κ2) is 10.1. The molecule has 2 N–H and O–H groups in total. The van der Waals surface area contributed by atoms with Gasteiger partial charge in [-0.05, 0) is 62.4 Å². The lowest BCUT2D eigenvalue weighted by molar-refractivity contribution is 0.101. The molecule has 0 aliphatic heterocycles. The standard InChI is InChI=1S/C31H23N5O2S/c1-18-6-8-20-10-12-23(15-26(20)32-18)29(37)34-25-5-3-4-22(14-25)28-17-39-31(35-28)36-30(38)24-13-11-21-9-7-19(2)33-27(21)16-24/h3-17H,1-2H3,(H,34,37)(H,35,36,38). The summed E-state index contributed by atoms with van der Waals surface area (Å²) < 4.78 is 0. The summed E-state index contributed by atoms with van der Waals surface area (Å²) in [6.07, 6.45) is 0. The van der Waals surface area contributed by atoms with Crippen molar-refractivity contribution in [3.63, 3.8) is 0 Å². The number of rotatable bonds is 5. The van der Waals surface area contributed by atoms with E-state index in [1.165, 1.54) is 11.3 Å². The van der Waals surface area contributed by atoms with Crippen molar-refractivity contribution < 1.29 is 9.59 Å². The van der Waals surface area contributed by atoms with Gasteiger partial charge in [-0.1, -0.05) is 36.4 Å². The van der Waals surface area contributed by atoms with Crippen molar-refractivity contribution >= 4 is 55.8 Å². The second-order valence-electron chi connectivity index (χ2n) is 9.25. The zero-order valence-electron chi connectivity index (χ0n) is 21.2. The number of hydrogen-bond acceptors (Lipinski definition) is 6. The highest BCUT2D eigenvalue weighted by atomic mass is 32.1. The van der Waals surface area contributed by atoms with Crippen LogP contribution in [0, 0.1) is 13.8 Å². The van der Waals surface area contributed by atoms with E-state index in [2.05, 4.69) is 25.6 Å². The number of thiazole rings is 1. The Kier molecular flexibility index (Phi) is 6.30. The van der Waals surface area contributed by atoms with Gasteiger partial charge in [0.25, 0.3) is 11.8 Å². The average molecular weight is 530 g/mol. The molecule has 39 heavy (non-hydrogen) atoms. The molecule has 0 aliphatic carbocycles. The summed E-state index contributed by atoms with van der Waals surface area (Å²) in [5, 5.41) is 10.2. The zero-order valence-corrected chi connectivity index (χ0v) is 22.0. The second-order valence-corrected chi connectivity index (χ2v) is 10.1. The molecule has 3 heterocycles. The van der Waals surface area contributed by atoms with Crippen LogP contribution in [-0.4, -0.2) is 26.8 Å². The van der Waals surface area contributed by atoms with E-state index in [9.17, 15) is 9.59 Å². The van der Waals surface area contributed by atoms with Gasteiger partial charge in [0.1, 0.15) is 0 Å². The largest absolute Gasteiger partial charge is 0.322 e. The molecule has 0 radical (unpaired) electrons. The molecule has 0 saturated carbocycles. The third kappa shape index (κ3) is 5.23. The van der Waals surface area contributed by atoms with Gasteiger partial charge in [0.05, 0.1) is 16.7 Å². The van der Waals surface area contributed by atoms with Crippen molar-refractivity contribution in [1.82, 2.24) is 15.0 Å². The van der Waals surface area contributed by atoms with Gasteiger partial charge < -0.3 is 5.32 Å². The van der Waals surface area contributed by atoms with Gasteiger partial charge in [-0.15, -0.1) is 11.3 Å². The number of anilines is 2. The number of hydrogen-bond donors (Lipinski definition) is 2. The van der Waals surface area contributed by atoms with E-state index < -0.39 is 0 Å². The summed E-state index contributed by atoms with van der Waals surface area (Å²) in [5.74, 6) is -0.467. The third-order valence-electron chi connectivity index (χ3n) is 6.33. The lowest BCUT2D eigenvalue weighted by Gasteiger charge is -2.08. The number of pyridine rings is 2. The first-order chi connectivity index (χ1) is 18.9. The number of aromatic nitrogens is 3. The third-order valence-corrected chi connectivity index (χ3v) is 7.09. The zero-order chi connectivity index (χ0) is 26.9. The number of carbonyl (C=O) groups excluding carboxylic acids is 2. The lowest BCUT2D eigenvalue weighted by Crippen LogP contribution is -2.12. The Morgan fingerprint density at radius 3 is 1.90 bits per heavy atom. The fourth-order valence-electron chi connectivity index (χ4n) is 4.31. The van der Waals surface area contributed by atoms with E-state index in [1.807, 2.05) is 79.9 Å². The maximum Gasteiger partial charge on any atom is 0.257 e. The van der Waals surface area contributed by atoms with Crippen molar-refractivity contribution in [2.24, 2.45) is 0 Å². The molecule has 2 amide bonds. The first-order valence-corrected chi connectivity index (χ1v) is 13.2. The van der Waals surface area contributed by atoms with E-state index in [0.29, 0.717) is 27.6 Å². The van der Waals surface area contributed by atoms with Crippen LogP contribution in [0.25, 0.3) is 33.1 Å². The highest BCUT2D eigenvalue weighted by Crippen LogP contribution is 2.28. The molecule has 6 aromatic rings. The molecule has 3 aromatic heterocycles. The van der Waals surface area contributed by atoms with Crippen molar-refractivity contribution in [3.05, 3.63) is 113 Å². The smallest absolute Gasteiger partial charge is 0.257 e. The van der Waals surface area contributed by atoms with Crippen LogP contribution in [0.4, 0.5) is 10.8 Å². The number of nitrogens with one attached hydrogen (secondary N) is 2. The van der Waals surface area contributed by atoms with E-state index in [4.69, 9.17) is 0 Å². The monoisotopic (exact) mass is 529 g/mol. The van der Waals surface area contributed by atoms with Gasteiger partial charge in [-0.25, -0.2) is 4.98 Å². The van der Waals surface area contributed by atoms with Crippen LogP contribution < -0.4 is 10.6 Å². The first kappa shape index (κ1) is 24.4. The first-order valence-electron chi connectivity index (χ1n) is 12.3. The molecule has 0 fully saturated rings. The number of carbonyl (C=O) groups is 2. The SMILES string of the molecule is Cc1ccc2ccc(C(=O)Nc3cccc(-c4csc(NC(=O)c5ccc6ccc(C)nc6c5)n4)c3)cc2n1. The van der Waals surface area contributed by atoms with Crippen LogP contribution in [-0.2, 0) is 0 Å². The van der Waals surface area contributed by atoms with E-state index in [0.717, 1.165) is 38.8 Å². The molecule has 8 heteroatoms. The number of fused-ring (bicyclic) bond motifs is 2. The molecule has 0 atom stereocenters. The van der Waals surface area contributed by atoms with Crippen molar-refractivity contribution in [1.29, 1.82) is 0 Å². The summed E-state index contributed by atoms with van der Waals surface area (Å²) in [6, 6.07) is 26.3. The summed E-state index contributed by atoms with van der Waals surface area (Å²) >= 11 is 1.34. The van der Waals surface area contributed by atoms with E-state index in [1.54, 1.807) is 24.3 Å². The Morgan fingerprint density at radius 1 is 0.667 bits per heavy atom. The topological polar surface area (TPSA) is 96.9 Å². The molecule has 6 rings (SSSR count). The van der Waals surface area contributed by atoms with Gasteiger partial charge in [0, 0.05) is 49.9 Å². The molecule has 3 aromatic carbocycles. The van der Waals surface area contributed by atoms with Crippen molar-refractivity contribution in [2.75, 3.05) is 10.6 Å². The summed E-state index contributed by atoms with van der Waals surface area (Å²) in [4.78, 5) is 39.4. The summed E-state index contributed by atoms with van der Waals surface area (Å²) in [6.45, 7) is 3.85. The Labute approximate surface area is 228 Å². The molecular weight excluding hydrogens is 506 g/mol.